The predicted molar refractivity (Wildman–Crippen MR) is 117 cm³/mol. The second-order valence-corrected chi connectivity index (χ2v) is 7.70. The topological polar surface area (TPSA) is 66.0 Å². The molecule has 0 aliphatic heterocycles. The molecule has 3 rings (SSSR count). The number of nitriles is 1. The average molecular weight is 459 g/mol. The summed E-state index contributed by atoms with van der Waals surface area (Å²) in [6.45, 7) is 4.10. The molecule has 0 unspecified atom stereocenters. The highest BCUT2D eigenvalue weighted by Gasteiger charge is 2.31. The smallest absolute Gasteiger partial charge is 0.416 e. The molecule has 0 aliphatic carbocycles. The van der Waals surface area contributed by atoms with Gasteiger partial charge in [-0.15, -0.1) is 0 Å². The number of rotatable bonds is 5. The van der Waals surface area contributed by atoms with E-state index in [-0.39, 0.29) is 27.7 Å². The molecule has 3 aromatic rings. The normalized spacial score (nSPS) is 12.0. The first-order chi connectivity index (χ1) is 15.1. The minimum absolute atomic E-state index is 0.0503. The van der Waals surface area contributed by atoms with Crippen LogP contribution in [0.5, 0.6) is 0 Å². The third-order valence-electron chi connectivity index (χ3n) is 4.67. The molecular formula is C24H18ClF3N2O2. The van der Waals surface area contributed by atoms with E-state index in [0.717, 1.165) is 23.8 Å². The minimum Gasteiger partial charge on any atom is -0.457 e. The average Bonchev–Trinajstić information content (AvgIpc) is 3.20. The first-order valence-electron chi connectivity index (χ1n) is 9.58. The lowest BCUT2D eigenvalue weighted by atomic mass is 10.0. The lowest BCUT2D eigenvalue weighted by Gasteiger charge is -2.09. The molecule has 0 bridgehead atoms. The number of carbonyl (C=O) groups excluding carboxylic acids is 1. The van der Waals surface area contributed by atoms with Gasteiger partial charge in [0.05, 0.1) is 10.6 Å². The second kappa shape index (κ2) is 9.33. The van der Waals surface area contributed by atoms with E-state index >= 15 is 0 Å². The fourth-order valence-electron chi connectivity index (χ4n) is 2.91. The molecule has 0 saturated heterocycles. The SMILES string of the molecule is CC(C)c1ccc(NC(=O)C(C#N)=Cc2ccc(-c3cc(C(F)(F)F)ccc3Cl)o2)cc1. The zero-order chi connectivity index (χ0) is 23.5. The Labute approximate surface area is 187 Å². The summed E-state index contributed by atoms with van der Waals surface area (Å²) in [7, 11) is 0. The Morgan fingerprint density at radius 3 is 2.41 bits per heavy atom. The number of amides is 1. The molecule has 0 fully saturated rings. The fourth-order valence-corrected chi connectivity index (χ4v) is 3.12. The summed E-state index contributed by atoms with van der Waals surface area (Å²) in [5, 5.41) is 12.1. The lowest BCUT2D eigenvalue weighted by Crippen LogP contribution is -2.13. The van der Waals surface area contributed by atoms with Crippen molar-refractivity contribution in [1.29, 1.82) is 5.26 Å². The van der Waals surface area contributed by atoms with Crippen molar-refractivity contribution >= 4 is 29.3 Å². The van der Waals surface area contributed by atoms with Gasteiger partial charge in [0.15, 0.2) is 0 Å². The van der Waals surface area contributed by atoms with Gasteiger partial charge >= 0.3 is 6.18 Å². The number of alkyl halides is 3. The zero-order valence-electron chi connectivity index (χ0n) is 17.1. The van der Waals surface area contributed by atoms with Crippen molar-refractivity contribution in [2.45, 2.75) is 25.9 Å². The maximum absolute atomic E-state index is 13.0. The number of nitrogens with one attached hydrogen (secondary N) is 1. The number of benzene rings is 2. The van der Waals surface area contributed by atoms with Gasteiger partial charge in [0.25, 0.3) is 5.91 Å². The monoisotopic (exact) mass is 458 g/mol. The standard InChI is InChI=1S/C24H18ClF3N2O2/c1-14(2)15-3-6-18(7-4-15)30-23(31)16(13-29)11-19-8-10-22(32-19)20-12-17(24(26,27)28)5-9-21(20)25/h3-12,14H,1-2H3,(H,30,31). The van der Waals surface area contributed by atoms with Crippen molar-refractivity contribution in [1.82, 2.24) is 0 Å². The van der Waals surface area contributed by atoms with Crippen LogP contribution in [-0.4, -0.2) is 5.91 Å². The highest BCUT2D eigenvalue weighted by Crippen LogP contribution is 2.36. The van der Waals surface area contributed by atoms with E-state index in [1.165, 1.54) is 18.2 Å². The molecule has 4 nitrogen and oxygen atoms in total. The first-order valence-corrected chi connectivity index (χ1v) is 9.96. The summed E-state index contributed by atoms with van der Waals surface area (Å²) in [4.78, 5) is 12.5. The number of hydrogen-bond acceptors (Lipinski definition) is 3. The lowest BCUT2D eigenvalue weighted by molar-refractivity contribution is -0.137. The first kappa shape index (κ1) is 23.2. The Hall–Kier alpha value is -3.50. The quantitative estimate of drug-likeness (QED) is 0.322. The Kier molecular flexibility index (Phi) is 6.75. The van der Waals surface area contributed by atoms with Crippen LogP contribution >= 0.6 is 11.6 Å². The molecule has 1 heterocycles. The van der Waals surface area contributed by atoms with Gasteiger partial charge in [-0.1, -0.05) is 37.6 Å². The van der Waals surface area contributed by atoms with Crippen LogP contribution in [0.15, 0.2) is 64.6 Å². The molecular weight excluding hydrogens is 441 g/mol. The fraction of sp³-hybridized carbons (Fsp3) is 0.167. The van der Waals surface area contributed by atoms with Crippen LogP contribution in [0.25, 0.3) is 17.4 Å². The van der Waals surface area contributed by atoms with E-state index in [0.29, 0.717) is 11.6 Å². The number of carbonyl (C=O) groups is 1. The molecule has 8 heteroatoms. The summed E-state index contributed by atoms with van der Waals surface area (Å²) in [6, 6.07) is 14.8. The maximum Gasteiger partial charge on any atom is 0.416 e. The highest BCUT2D eigenvalue weighted by atomic mass is 35.5. The van der Waals surface area contributed by atoms with Gasteiger partial charge in [0, 0.05) is 17.3 Å². The molecule has 0 aliphatic rings. The van der Waals surface area contributed by atoms with E-state index < -0.39 is 17.6 Å². The summed E-state index contributed by atoms with van der Waals surface area (Å²) >= 11 is 6.04. The van der Waals surface area contributed by atoms with Crippen LogP contribution in [0.4, 0.5) is 18.9 Å². The van der Waals surface area contributed by atoms with Gasteiger partial charge < -0.3 is 9.73 Å². The number of anilines is 1. The van der Waals surface area contributed by atoms with Gasteiger partial charge in [-0.25, -0.2) is 0 Å². The number of furan rings is 1. The van der Waals surface area contributed by atoms with Gasteiger partial charge in [-0.2, -0.15) is 18.4 Å². The van der Waals surface area contributed by atoms with Crippen LogP contribution in [0, 0.1) is 11.3 Å². The molecule has 2 aromatic carbocycles. The third-order valence-corrected chi connectivity index (χ3v) is 5.00. The Morgan fingerprint density at radius 1 is 1.12 bits per heavy atom. The van der Waals surface area contributed by atoms with Crippen LogP contribution in [0.2, 0.25) is 5.02 Å². The summed E-state index contributed by atoms with van der Waals surface area (Å²) < 4.78 is 44.5. The van der Waals surface area contributed by atoms with E-state index in [4.69, 9.17) is 16.0 Å². The minimum atomic E-state index is -4.53. The number of nitrogens with zero attached hydrogens (tertiary/aromatic N) is 1. The van der Waals surface area contributed by atoms with Crippen molar-refractivity contribution in [2.75, 3.05) is 5.32 Å². The van der Waals surface area contributed by atoms with Crippen LogP contribution in [-0.2, 0) is 11.0 Å². The van der Waals surface area contributed by atoms with E-state index in [2.05, 4.69) is 5.32 Å². The summed E-state index contributed by atoms with van der Waals surface area (Å²) in [6.07, 6.45) is -3.32. The van der Waals surface area contributed by atoms with E-state index in [1.54, 1.807) is 18.2 Å². The number of halogens is 4. The summed E-state index contributed by atoms with van der Waals surface area (Å²) in [5.41, 5.74) is 0.584. The second-order valence-electron chi connectivity index (χ2n) is 7.30. The van der Waals surface area contributed by atoms with Crippen LogP contribution < -0.4 is 5.32 Å². The van der Waals surface area contributed by atoms with Crippen LogP contribution in [0.1, 0.15) is 36.7 Å². The van der Waals surface area contributed by atoms with Gasteiger partial charge in [-0.05, 0) is 53.9 Å². The Balaban J connectivity index is 1.82. The van der Waals surface area contributed by atoms with Gasteiger partial charge in [0.1, 0.15) is 23.2 Å². The van der Waals surface area contributed by atoms with Gasteiger partial charge in [-0.3, -0.25) is 4.79 Å². The molecule has 164 valence electrons. The van der Waals surface area contributed by atoms with Crippen molar-refractivity contribution in [2.24, 2.45) is 0 Å². The molecule has 0 saturated carbocycles. The molecule has 1 N–H and O–H groups in total. The van der Waals surface area contributed by atoms with E-state index in [9.17, 15) is 23.2 Å². The third kappa shape index (κ3) is 5.40. The zero-order valence-corrected chi connectivity index (χ0v) is 17.9. The molecule has 0 spiro atoms. The summed E-state index contributed by atoms with van der Waals surface area (Å²) in [5.74, 6) is -0.0997. The van der Waals surface area contributed by atoms with Crippen LogP contribution in [0.3, 0.4) is 0 Å². The Bertz CT molecular complexity index is 1200. The molecule has 1 amide bonds. The highest BCUT2D eigenvalue weighted by molar-refractivity contribution is 6.33. The van der Waals surface area contributed by atoms with Gasteiger partial charge in [0.2, 0.25) is 0 Å². The number of hydrogen-bond donors (Lipinski definition) is 1. The molecule has 1 aromatic heterocycles. The van der Waals surface area contributed by atoms with Crippen molar-refractivity contribution < 1.29 is 22.4 Å². The van der Waals surface area contributed by atoms with Crippen molar-refractivity contribution in [3.63, 3.8) is 0 Å². The predicted octanol–water partition coefficient (Wildman–Crippen LogP) is 7.29. The van der Waals surface area contributed by atoms with Crippen molar-refractivity contribution in [3.8, 4) is 17.4 Å². The largest absolute Gasteiger partial charge is 0.457 e. The maximum atomic E-state index is 13.0. The molecule has 0 radical (unpaired) electrons. The molecule has 32 heavy (non-hydrogen) atoms. The molecule has 0 atom stereocenters. The van der Waals surface area contributed by atoms with Crippen molar-refractivity contribution in [3.05, 3.63) is 82.1 Å². The Morgan fingerprint density at radius 2 is 1.81 bits per heavy atom. The van der Waals surface area contributed by atoms with E-state index in [1.807, 2.05) is 26.0 Å².